The van der Waals surface area contributed by atoms with Crippen LogP contribution in [0.1, 0.15) is 68.2 Å². The first kappa shape index (κ1) is 24.1. The van der Waals surface area contributed by atoms with Gasteiger partial charge in [0, 0.05) is 24.2 Å². The number of phenolic OH excluding ortho intramolecular Hbond substituents is 2. The lowest BCUT2D eigenvalue weighted by Gasteiger charge is -2.56. The van der Waals surface area contributed by atoms with E-state index in [1.165, 1.54) is 56.7 Å². The zero-order valence-electron chi connectivity index (χ0n) is 20.5. The fourth-order valence-electron chi connectivity index (χ4n) is 7.32. The molecule has 4 bridgehead atoms. The van der Waals surface area contributed by atoms with Gasteiger partial charge < -0.3 is 26.0 Å². The van der Waals surface area contributed by atoms with Crippen LogP contribution in [0.15, 0.2) is 42.5 Å². The molecule has 1 amide bonds. The van der Waals surface area contributed by atoms with Crippen LogP contribution in [0.5, 0.6) is 11.5 Å². The molecule has 2 atom stereocenters. The van der Waals surface area contributed by atoms with Crippen LogP contribution in [0.2, 0.25) is 0 Å². The number of benzene rings is 2. The van der Waals surface area contributed by atoms with E-state index in [1.54, 1.807) is 0 Å². The molecule has 0 heterocycles. The van der Waals surface area contributed by atoms with Crippen LogP contribution in [0.4, 0.5) is 0 Å². The number of aliphatic hydroxyl groups is 1. The SMILES string of the molecule is CC(Cc1cccc(CC(=O)NC23CC4CC(CC(C4)C2)C3)c1)NCC(O)c1cc(O)cc(O)c1. The summed E-state index contributed by atoms with van der Waals surface area (Å²) in [5, 5.41) is 36.5. The Bertz CT molecular complexity index is 1010. The number of aromatic hydroxyl groups is 2. The van der Waals surface area contributed by atoms with Gasteiger partial charge in [-0.3, -0.25) is 4.79 Å². The van der Waals surface area contributed by atoms with Crippen LogP contribution < -0.4 is 10.6 Å². The minimum absolute atomic E-state index is 0.0506. The molecule has 0 saturated heterocycles. The van der Waals surface area contributed by atoms with Crippen LogP contribution in [-0.4, -0.2) is 39.4 Å². The first-order chi connectivity index (χ1) is 16.7. The first-order valence-corrected chi connectivity index (χ1v) is 13.1. The molecule has 0 spiro atoms. The van der Waals surface area contributed by atoms with Crippen LogP contribution >= 0.6 is 0 Å². The molecule has 0 aromatic heterocycles. The number of hydrogen-bond donors (Lipinski definition) is 5. The molecule has 2 aromatic rings. The molecule has 6 nitrogen and oxygen atoms in total. The largest absolute Gasteiger partial charge is 0.508 e. The quantitative estimate of drug-likeness (QED) is 0.375. The standard InChI is InChI=1S/C29H38N2O4/c1-18(30-17-27(34)24-11-25(32)13-26(33)12-24)5-19-3-2-4-20(6-19)10-28(35)31-29-14-21-7-22(15-29)9-23(8-21)16-29/h2-4,6,11-13,18,21-23,27,30,32-34H,5,7-10,14-17H2,1H3,(H,31,35). The van der Waals surface area contributed by atoms with Crippen LogP contribution in [-0.2, 0) is 17.6 Å². The van der Waals surface area contributed by atoms with Gasteiger partial charge in [0.25, 0.3) is 0 Å². The highest BCUT2D eigenvalue weighted by Gasteiger charge is 2.51. The Balaban J connectivity index is 1.12. The molecular formula is C29H38N2O4. The zero-order chi connectivity index (χ0) is 24.6. The smallest absolute Gasteiger partial charge is 0.224 e. The molecule has 4 fully saturated rings. The third kappa shape index (κ3) is 5.81. The third-order valence-electron chi connectivity index (χ3n) is 8.31. The normalized spacial score (nSPS) is 28.6. The fourth-order valence-corrected chi connectivity index (χ4v) is 7.32. The van der Waals surface area contributed by atoms with E-state index < -0.39 is 6.10 Å². The number of hydrogen-bond acceptors (Lipinski definition) is 5. The second-order valence-corrected chi connectivity index (χ2v) is 11.6. The minimum Gasteiger partial charge on any atom is -0.508 e. The minimum atomic E-state index is -0.838. The molecule has 2 unspecified atom stereocenters. The fraction of sp³-hybridized carbons (Fsp3) is 0.552. The van der Waals surface area contributed by atoms with Crippen molar-refractivity contribution in [3.05, 3.63) is 59.2 Å². The van der Waals surface area contributed by atoms with Gasteiger partial charge in [-0.15, -0.1) is 0 Å². The van der Waals surface area contributed by atoms with Crippen molar-refractivity contribution in [3.8, 4) is 11.5 Å². The highest BCUT2D eigenvalue weighted by Crippen LogP contribution is 2.55. The predicted octanol–water partition coefficient (Wildman–Crippen LogP) is 3.98. The van der Waals surface area contributed by atoms with Gasteiger partial charge in [-0.05, 0) is 98.4 Å². The second-order valence-electron chi connectivity index (χ2n) is 11.6. The van der Waals surface area contributed by atoms with E-state index in [0.29, 0.717) is 18.5 Å². The number of rotatable bonds is 9. The van der Waals surface area contributed by atoms with Crippen molar-refractivity contribution in [3.63, 3.8) is 0 Å². The maximum Gasteiger partial charge on any atom is 0.224 e. The van der Waals surface area contributed by atoms with Crippen molar-refractivity contribution in [1.82, 2.24) is 10.6 Å². The summed E-state index contributed by atoms with van der Waals surface area (Å²) in [6.07, 6.45) is 7.96. The van der Waals surface area contributed by atoms with Crippen LogP contribution in [0.3, 0.4) is 0 Å². The van der Waals surface area contributed by atoms with Crippen molar-refractivity contribution >= 4 is 5.91 Å². The molecule has 0 radical (unpaired) electrons. The van der Waals surface area contributed by atoms with Gasteiger partial charge in [0.05, 0.1) is 12.5 Å². The van der Waals surface area contributed by atoms with E-state index in [2.05, 4.69) is 29.7 Å². The number of phenols is 2. The molecule has 35 heavy (non-hydrogen) atoms. The number of aliphatic hydroxyl groups excluding tert-OH is 1. The Kier molecular flexibility index (Phi) is 6.78. The van der Waals surface area contributed by atoms with E-state index in [4.69, 9.17) is 0 Å². The molecule has 5 N–H and O–H groups in total. The lowest BCUT2D eigenvalue weighted by Crippen LogP contribution is -2.60. The van der Waals surface area contributed by atoms with Crippen molar-refractivity contribution < 1.29 is 20.1 Å². The summed E-state index contributed by atoms with van der Waals surface area (Å²) >= 11 is 0. The van der Waals surface area contributed by atoms with Gasteiger partial charge in [-0.2, -0.15) is 0 Å². The highest BCUT2D eigenvalue weighted by atomic mass is 16.3. The molecule has 4 saturated carbocycles. The zero-order valence-corrected chi connectivity index (χ0v) is 20.5. The Morgan fingerprint density at radius 2 is 1.57 bits per heavy atom. The van der Waals surface area contributed by atoms with Crippen molar-refractivity contribution in [2.24, 2.45) is 17.8 Å². The molecule has 4 aliphatic rings. The van der Waals surface area contributed by atoms with Gasteiger partial charge in [0.15, 0.2) is 0 Å². The van der Waals surface area contributed by atoms with Crippen molar-refractivity contribution in [2.75, 3.05) is 6.54 Å². The average Bonchev–Trinajstić information content (AvgIpc) is 2.75. The molecular weight excluding hydrogens is 440 g/mol. The molecule has 4 aliphatic carbocycles. The Morgan fingerprint density at radius 1 is 0.971 bits per heavy atom. The summed E-state index contributed by atoms with van der Waals surface area (Å²) < 4.78 is 0. The average molecular weight is 479 g/mol. The number of carbonyl (C=O) groups excluding carboxylic acids is 1. The lowest BCUT2D eigenvalue weighted by molar-refractivity contribution is -0.126. The Hall–Kier alpha value is -2.57. The van der Waals surface area contributed by atoms with E-state index in [-0.39, 0.29) is 29.0 Å². The van der Waals surface area contributed by atoms with E-state index >= 15 is 0 Å². The Morgan fingerprint density at radius 3 is 2.20 bits per heavy atom. The molecule has 6 heteroatoms. The number of amides is 1. The van der Waals surface area contributed by atoms with E-state index in [1.807, 2.05) is 12.1 Å². The van der Waals surface area contributed by atoms with E-state index in [9.17, 15) is 20.1 Å². The summed E-state index contributed by atoms with van der Waals surface area (Å²) in [5.41, 5.74) is 2.70. The van der Waals surface area contributed by atoms with Gasteiger partial charge in [0.2, 0.25) is 5.91 Å². The lowest BCUT2D eigenvalue weighted by atomic mass is 9.53. The van der Waals surface area contributed by atoms with Gasteiger partial charge in [-0.1, -0.05) is 24.3 Å². The predicted molar refractivity (Wildman–Crippen MR) is 135 cm³/mol. The van der Waals surface area contributed by atoms with Gasteiger partial charge in [0.1, 0.15) is 11.5 Å². The summed E-state index contributed by atoms with van der Waals surface area (Å²) in [7, 11) is 0. The monoisotopic (exact) mass is 478 g/mol. The summed E-state index contributed by atoms with van der Waals surface area (Å²) in [5.74, 6) is 2.45. The molecule has 6 rings (SSSR count). The first-order valence-electron chi connectivity index (χ1n) is 13.1. The van der Waals surface area contributed by atoms with Crippen molar-refractivity contribution in [1.29, 1.82) is 0 Å². The summed E-state index contributed by atoms with van der Waals surface area (Å²) in [4.78, 5) is 13.0. The molecule has 0 aliphatic heterocycles. The highest BCUT2D eigenvalue weighted by molar-refractivity contribution is 5.79. The third-order valence-corrected chi connectivity index (χ3v) is 8.31. The summed E-state index contributed by atoms with van der Waals surface area (Å²) in [6, 6.07) is 12.5. The Labute approximate surface area is 207 Å². The maximum atomic E-state index is 13.0. The van der Waals surface area contributed by atoms with Gasteiger partial charge >= 0.3 is 0 Å². The summed E-state index contributed by atoms with van der Waals surface area (Å²) in [6.45, 7) is 2.36. The van der Waals surface area contributed by atoms with Crippen molar-refractivity contribution in [2.45, 2.75) is 76.0 Å². The number of carbonyl (C=O) groups is 1. The van der Waals surface area contributed by atoms with Crippen LogP contribution in [0.25, 0.3) is 0 Å². The molecule has 188 valence electrons. The number of nitrogens with one attached hydrogen (secondary N) is 2. The van der Waals surface area contributed by atoms with E-state index in [0.717, 1.165) is 35.3 Å². The second kappa shape index (κ2) is 9.82. The molecule has 2 aromatic carbocycles. The topological polar surface area (TPSA) is 102 Å². The van der Waals surface area contributed by atoms with Gasteiger partial charge in [-0.25, -0.2) is 0 Å². The van der Waals surface area contributed by atoms with Crippen LogP contribution in [0, 0.1) is 17.8 Å². The maximum absolute atomic E-state index is 13.0.